The Morgan fingerprint density at radius 1 is 1.60 bits per heavy atom. The second-order valence-corrected chi connectivity index (χ2v) is 2.27. The molecule has 0 aromatic carbocycles. The van der Waals surface area contributed by atoms with Gasteiger partial charge in [-0.15, -0.1) is 0 Å². The molecule has 10 heavy (non-hydrogen) atoms. The van der Waals surface area contributed by atoms with Crippen molar-refractivity contribution in [2.24, 2.45) is 4.99 Å². The van der Waals surface area contributed by atoms with Gasteiger partial charge >= 0.3 is 0 Å². The van der Waals surface area contributed by atoms with Gasteiger partial charge in [0.15, 0.2) is 0 Å². The molecule has 0 bridgehead atoms. The number of hydrogen-bond donors (Lipinski definition) is 1. The Hall–Kier alpha value is -1.05. The molecule has 0 unspecified atom stereocenters. The van der Waals surface area contributed by atoms with Crippen LogP contribution in [0.4, 0.5) is 0 Å². The molecule has 0 aliphatic carbocycles. The maximum Gasteiger partial charge on any atom is 0.0521 e. The van der Waals surface area contributed by atoms with Crippen LogP contribution in [0.1, 0.15) is 13.8 Å². The van der Waals surface area contributed by atoms with Crippen LogP contribution in [0.15, 0.2) is 29.5 Å². The van der Waals surface area contributed by atoms with Crippen LogP contribution in [0.3, 0.4) is 0 Å². The molecule has 0 saturated heterocycles. The normalized spacial score (nSPS) is 11.3. The highest BCUT2D eigenvalue weighted by Crippen LogP contribution is 1.92. The third-order valence-electron chi connectivity index (χ3n) is 0.906. The maximum absolute atomic E-state index is 3.61. The van der Waals surface area contributed by atoms with Crippen LogP contribution in [0, 0.1) is 0 Å². The number of rotatable bonds is 4. The van der Waals surface area contributed by atoms with E-state index in [0.29, 0.717) is 6.04 Å². The quantitative estimate of drug-likeness (QED) is 0.464. The van der Waals surface area contributed by atoms with Crippen LogP contribution in [-0.2, 0) is 0 Å². The lowest BCUT2D eigenvalue weighted by molar-refractivity contribution is 0.680. The van der Waals surface area contributed by atoms with Crippen molar-refractivity contribution in [3.05, 3.63) is 24.6 Å². The lowest BCUT2D eigenvalue weighted by Crippen LogP contribution is -2.20. The zero-order chi connectivity index (χ0) is 7.98. The molecule has 0 aromatic rings. The van der Waals surface area contributed by atoms with Crippen molar-refractivity contribution >= 4 is 6.72 Å². The van der Waals surface area contributed by atoms with Gasteiger partial charge in [-0.05, 0) is 26.6 Å². The smallest absolute Gasteiger partial charge is 0.0521 e. The fraction of sp³-hybridized carbons (Fsp3) is 0.375. The zero-order valence-electron chi connectivity index (χ0n) is 6.59. The summed E-state index contributed by atoms with van der Waals surface area (Å²) in [6.07, 6.45) is 3.36. The maximum atomic E-state index is 3.61. The highest BCUT2D eigenvalue weighted by atomic mass is 14.9. The Morgan fingerprint density at radius 3 is 2.50 bits per heavy atom. The van der Waals surface area contributed by atoms with Crippen molar-refractivity contribution in [3.8, 4) is 0 Å². The monoisotopic (exact) mass is 138 g/mol. The zero-order valence-corrected chi connectivity index (χ0v) is 6.59. The minimum absolute atomic E-state index is 0.408. The van der Waals surface area contributed by atoms with E-state index in [0.717, 1.165) is 5.70 Å². The Morgan fingerprint density at radius 2 is 2.20 bits per heavy atom. The van der Waals surface area contributed by atoms with Crippen LogP contribution in [0.25, 0.3) is 0 Å². The molecule has 0 rings (SSSR count). The predicted molar refractivity (Wildman–Crippen MR) is 46.1 cm³/mol. The standard InChI is InChI=1S/C8H14N2/c1-5-8(6-9-4)10-7(2)3/h5-7,10H,1,4H2,2-3H3/b8-6+. The van der Waals surface area contributed by atoms with Crippen LogP contribution in [0.5, 0.6) is 0 Å². The summed E-state index contributed by atoms with van der Waals surface area (Å²) >= 11 is 0. The van der Waals surface area contributed by atoms with Crippen molar-refractivity contribution in [1.82, 2.24) is 5.32 Å². The van der Waals surface area contributed by atoms with E-state index < -0.39 is 0 Å². The number of allylic oxidation sites excluding steroid dienone is 1. The number of aliphatic imine (C=N–C) groups is 1. The first-order chi connectivity index (χ1) is 4.70. The Labute approximate surface area is 62.4 Å². The average Bonchev–Trinajstić information content (AvgIpc) is 1.86. The van der Waals surface area contributed by atoms with E-state index in [1.165, 1.54) is 0 Å². The molecule has 0 saturated carbocycles. The SMILES string of the molecule is C=C/C(=C\N=C)NC(C)C. The minimum Gasteiger partial charge on any atom is -0.382 e. The summed E-state index contributed by atoms with van der Waals surface area (Å²) in [5.41, 5.74) is 0.907. The molecule has 0 spiro atoms. The number of nitrogens with one attached hydrogen (secondary N) is 1. The summed E-state index contributed by atoms with van der Waals surface area (Å²) in [6, 6.07) is 0.408. The molecule has 0 atom stereocenters. The van der Waals surface area contributed by atoms with Gasteiger partial charge in [0.05, 0.1) is 5.70 Å². The van der Waals surface area contributed by atoms with Gasteiger partial charge < -0.3 is 5.32 Å². The van der Waals surface area contributed by atoms with E-state index in [2.05, 4.69) is 37.5 Å². The highest BCUT2D eigenvalue weighted by Gasteiger charge is 1.91. The molecule has 0 radical (unpaired) electrons. The van der Waals surface area contributed by atoms with Crippen LogP contribution >= 0.6 is 0 Å². The lowest BCUT2D eigenvalue weighted by Gasteiger charge is -2.08. The number of nitrogens with zero attached hydrogens (tertiary/aromatic N) is 1. The average molecular weight is 138 g/mol. The van der Waals surface area contributed by atoms with Gasteiger partial charge in [0, 0.05) is 12.2 Å². The fourth-order valence-electron chi connectivity index (χ4n) is 0.581. The molecular formula is C8H14N2. The summed E-state index contributed by atoms with van der Waals surface area (Å²) in [7, 11) is 0. The summed E-state index contributed by atoms with van der Waals surface area (Å²) in [5, 5.41) is 3.14. The Bertz CT molecular complexity index is 145. The molecular weight excluding hydrogens is 124 g/mol. The van der Waals surface area contributed by atoms with Gasteiger partial charge in [0.1, 0.15) is 0 Å². The van der Waals surface area contributed by atoms with E-state index in [9.17, 15) is 0 Å². The van der Waals surface area contributed by atoms with Gasteiger partial charge in [0.25, 0.3) is 0 Å². The van der Waals surface area contributed by atoms with Crippen LogP contribution < -0.4 is 5.32 Å². The highest BCUT2D eigenvalue weighted by molar-refractivity contribution is 5.28. The topological polar surface area (TPSA) is 24.4 Å². The van der Waals surface area contributed by atoms with Gasteiger partial charge in [-0.25, -0.2) is 0 Å². The molecule has 0 fully saturated rings. The van der Waals surface area contributed by atoms with Crippen molar-refractivity contribution in [3.63, 3.8) is 0 Å². The van der Waals surface area contributed by atoms with Crippen molar-refractivity contribution < 1.29 is 0 Å². The Balaban J connectivity index is 3.95. The molecule has 0 heterocycles. The second kappa shape index (κ2) is 4.79. The first-order valence-corrected chi connectivity index (χ1v) is 3.25. The lowest BCUT2D eigenvalue weighted by atomic mass is 10.3. The van der Waals surface area contributed by atoms with E-state index in [4.69, 9.17) is 0 Å². The summed E-state index contributed by atoms with van der Waals surface area (Å²) in [5.74, 6) is 0. The largest absolute Gasteiger partial charge is 0.382 e. The molecule has 56 valence electrons. The first kappa shape index (κ1) is 8.95. The first-order valence-electron chi connectivity index (χ1n) is 3.25. The number of hydrogen-bond acceptors (Lipinski definition) is 2. The molecule has 1 N–H and O–H groups in total. The molecule has 2 heteroatoms. The van der Waals surface area contributed by atoms with E-state index in [1.54, 1.807) is 12.3 Å². The molecule has 0 aliphatic heterocycles. The second-order valence-electron chi connectivity index (χ2n) is 2.27. The summed E-state index contributed by atoms with van der Waals surface area (Å²) in [4.78, 5) is 3.61. The molecule has 0 aliphatic rings. The van der Waals surface area contributed by atoms with Gasteiger partial charge in [-0.3, -0.25) is 4.99 Å². The van der Waals surface area contributed by atoms with Crippen LogP contribution in [0.2, 0.25) is 0 Å². The van der Waals surface area contributed by atoms with Gasteiger partial charge in [-0.1, -0.05) is 6.58 Å². The van der Waals surface area contributed by atoms with Gasteiger partial charge in [-0.2, -0.15) is 0 Å². The van der Waals surface area contributed by atoms with Crippen LogP contribution in [-0.4, -0.2) is 12.8 Å². The molecule has 2 nitrogen and oxygen atoms in total. The third-order valence-corrected chi connectivity index (χ3v) is 0.906. The van der Waals surface area contributed by atoms with E-state index >= 15 is 0 Å². The molecule has 0 amide bonds. The van der Waals surface area contributed by atoms with E-state index in [1.807, 2.05) is 0 Å². The van der Waals surface area contributed by atoms with Crippen molar-refractivity contribution in [2.75, 3.05) is 0 Å². The summed E-state index contributed by atoms with van der Waals surface area (Å²) in [6.45, 7) is 11.1. The van der Waals surface area contributed by atoms with Gasteiger partial charge in [0.2, 0.25) is 0 Å². The minimum atomic E-state index is 0.408. The summed E-state index contributed by atoms with van der Waals surface area (Å²) < 4.78 is 0. The van der Waals surface area contributed by atoms with E-state index in [-0.39, 0.29) is 0 Å². The van der Waals surface area contributed by atoms with Crippen molar-refractivity contribution in [2.45, 2.75) is 19.9 Å². The Kier molecular flexibility index (Phi) is 4.29. The fourth-order valence-corrected chi connectivity index (χ4v) is 0.581. The van der Waals surface area contributed by atoms with Crippen molar-refractivity contribution in [1.29, 1.82) is 0 Å². The third kappa shape index (κ3) is 3.89. The molecule has 0 aromatic heterocycles. The predicted octanol–water partition coefficient (Wildman–Crippen LogP) is 1.71.